The third-order valence-electron chi connectivity index (χ3n) is 1.84. The van der Waals surface area contributed by atoms with E-state index in [1.807, 2.05) is 32.2 Å². The molecule has 0 bridgehead atoms. The van der Waals surface area contributed by atoms with Crippen molar-refractivity contribution < 1.29 is 0 Å². The molecule has 14 heavy (non-hydrogen) atoms. The maximum Gasteiger partial charge on any atom is 0.0713 e. The van der Waals surface area contributed by atoms with Gasteiger partial charge in [0.15, 0.2) is 0 Å². The van der Waals surface area contributed by atoms with E-state index in [0.29, 0.717) is 0 Å². The number of halogens is 1. The van der Waals surface area contributed by atoms with Gasteiger partial charge in [0.05, 0.1) is 5.52 Å². The van der Waals surface area contributed by atoms with E-state index in [9.17, 15) is 0 Å². The summed E-state index contributed by atoms with van der Waals surface area (Å²) in [6.45, 7) is 6.08. The summed E-state index contributed by atoms with van der Waals surface area (Å²) in [5.41, 5.74) is 2.30. The molecule has 1 aromatic carbocycles. The molecule has 0 atom stereocenters. The normalized spacial score (nSPS) is 9.43. The Kier molecular flexibility index (Phi) is 4.08. The molecule has 0 saturated carbocycles. The Morgan fingerprint density at radius 2 is 1.86 bits per heavy atom. The summed E-state index contributed by atoms with van der Waals surface area (Å²) in [6.07, 6.45) is 1.81. The van der Waals surface area contributed by atoms with Gasteiger partial charge >= 0.3 is 0 Å². The maximum absolute atomic E-state index is 4.25. The highest BCUT2D eigenvalue weighted by Crippen LogP contribution is 2.22. The van der Waals surface area contributed by atoms with Gasteiger partial charge in [-0.3, -0.25) is 4.98 Å². The highest BCUT2D eigenvalue weighted by Gasteiger charge is 1.97. The van der Waals surface area contributed by atoms with Crippen molar-refractivity contribution >= 4 is 26.8 Å². The van der Waals surface area contributed by atoms with E-state index in [4.69, 9.17) is 0 Å². The fraction of sp³-hybridized carbons (Fsp3) is 0.250. The van der Waals surface area contributed by atoms with Crippen LogP contribution in [0.25, 0.3) is 10.9 Å². The molecular weight excluding hydrogens is 238 g/mol. The minimum absolute atomic E-state index is 1.04. The predicted molar refractivity (Wildman–Crippen MR) is 65.5 cm³/mol. The van der Waals surface area contributed by atoms with Crippen LogP contribution in [0.4, 0.5) is 0 Å². The van der Waals surface area contributed by atoms with Crippen LogP contribution in [0.15, 0.2) is 34.9 Å². The standard InChI is InChI=1S/C10H8BrN.C2H6/c1-7-2-3-10-8(6-7)9(11)4-5-12-10;1-2/h2-6H,1H3;1-2H3. The van der Waals surface area contributed by atoms with E-state index in [0.717, 1.165) is 9.99 Å². The Morgan fingerprint density at radius 1 is 1.14 bits per heavy atom. The third-order valence-corrected chi connectivity index (χ3v) is 2.54. The number of pyridine rings is 1. The van der Waals surface area contributed by atoms with Gasteiger partial charge in [0.2, 0.25) is 0 Å². The van der Waals surface area contributed by atoms with Crippen LogP contribution in [0.2, 0.25) is 0 Å². The molecule has 0 unspecified atom stereocenters. The van der Waals surface area contributed by atoms with E-state index in [1.54, 1.807) is 0 Å². The second kappa shape index (κ2) is 5.11. The minimum atomic E-state index is 1.04. The second-order valence-electron chi connectivity index (χ2n) is 2.81. The number of nitrogens with zero attached hydrogens (tertiary/aromatic N) is 1. The minimum Gasteiger partial charge on any atom is -0.256 e. The predicted octanol–water partition coefficient (Wildman–Crippen LogP) is 4.33. The molecule has 1 nitrogen and oxygen atoms in total. The monoisotopic (exact) mass is 251 g/mol. The molecule has 2 rings (SSSR count). The summed E-state index contributed by atoms with van der Waals surface area (Å²) >= 11 is 3.49. The highest BCUT2D eigenvalue weighted by molar-refractivity contribution is 9.10. The van der Waals surface area contributed by atoms with E-state index < -0.39 is 0 Å². The maximum atomic E-state index is 4.25. The molecule has 0 aliphatic rings. The first-order valence-corrected chi connectivity index (χ1v) is 5.57. The van der Waals surface area contributed by atoms with Crippen molar-refractivity contribution in [2.24, 2.45) is 0 Å². The van der Waals surface area contributed by atoms with Crippen LogP contribution in [-0.4, -0.2) is 4.98 Å². The highest BCUT2D eigenvalue weighted by atomic mass is 79.9. The van der Waals surface area contributed by atoms with Gasteiger partial charge in [0.25, 0.3) is 0 Å². The van der Waals surface area contributed by atoms with Gasteiger partial charge in [0, 0.05) is 16.1 Å². The van der Waals surface area contributed by atoms with Crippen LogP contribution in [0.1, 0.15) is 19.4 Å². The fourth-order valence-electron chi connectivity index (χ4n) is 1.23. The summed E-state index contributed by atoms with van der Waals surface area (Å²) in [5.74, 6) is 0. The van der Waals surface area contributed by atoms with Crippen LogP contribution in [-0.2, 0) is 0 Å². The molecule has 0 fully saturated rings. The van der Waals surface area contributed by atoms with Crippen LogP contribution < -0.4 is 0 Å². The molecule has 0 saturated heterocycles. The first-order valence-electron chi connectivity index (χ1n) is 4.78. The lowest BCUT2D eigenvalue weighted by Crippen LogP contribution is -1.80. The lowest BCUT2D eigenvalue weighted by molar-refractivity contribution is 1.38. The topological polar surface area (TPSA) is 12.9 Å². The number of aryl methyl sites for hydroxylation is 1. The molecule has 0 N–H and O–H groups in total. The third kappa shape index (κ3) is 2.32. The first-order chi connectivity index (χ1) is 6.77. The number of benzene rings is 1. The molecule has 0 aliphatic heterocycles. The summed E-state index contributed by atoms with van der Waals surface area (Å²) in [5, 5.41) is 1.18. The number of hydrogen-bond donors (Lipinski definition) is 0. The molecule has 2 heteroatoms. The lowest BCUT2D eigenvalue weighted by Gasteiger charge is -1.99. The van der Waals surface area contributed by atoms with E-state index >= 15 is 0 Å². The molecular formula is C12H14BrN. The Labute approximate surface area is 93.3 Å². The number of hydrogen-bond acceptors (Lipinski definition) is 1. The van der Waals surface area contributed by atoms with E-state index in [-0.39, 0.29) is 0 Å². The van der Waals surface area contributed by atoms with Gasteiger partial charge in [0.1, 0.15) is 0 Å². The average molecular weight is 252 g/mol. The first kappa shape index (κ1) is 11.2. The van der Waals surface area contributed by atoms with E-state index in [1.165, 1.54) is 10.9 Å². The smallest absolute Gasteiger partial charge is 0.0713 e. The largest absolute Gasteiger partial charge is 0.256 e. The average Bonchev–Trinajstić information content (AvgIpc) is 2.22. The van der Waals surface area contributed by atoms with Crippen molar-refractivity contribution in [2.45, 2.75) is 20.8 Å². The van der Waals surface area contributed by atoms with Crippen LogP contribution in [0.5, 0.6) is 0 Å². The second-order valence-corrected chi connectivity index (χ2v) is 3.67. The van der Waals surface area contributed by atoms with Gasteiger partial charge in [-0.25, -0.2) is 0 Å². The zero-order valence-electron chi connectivity index (χ0n) is 8.71. The van der Waals surface area contributed by atoms with Gasteiger partial charge in [-0.05, 0) is 25.1 Å². The molecule has 1 heterocycles. The number of aromatic nitrogens is 1. The Hall–Kier alpha value is -0.890. The van der Waals surface area contributed by atoms with Gasteiger partial charge in [-0.1, -0.05) is 41.4 Å². The zero-order chi connectivity index (χ0) is 10.6. The summed E-state index contributed by atoms with van der Waals surface area (Å²) in [6, 6.07) is 8.20. The number of fused-ring (bicyclic) bond motifs is 1. The Bertz CT molecular complexity index is 424. The van der Waals surface area contributed by atoms with Gasteiger partial charge in [-0.2, -0.15) is 0 Å². The van der Waals surface area contributed by atoms with Crippen molar-refractivity contribution in [2.75, 3.05) is 0 Å². The van der Waals surface area contributed by atoms with Crippen molar-refractivity contribution in [1.29, 1.82) is 0 Å². The molecule has 0 amide bonds. The van der Waals surface area contributed by atoms with Gasteiger partial charge in [-0.15, -0.1) is 0 Å². The van der Waals surface area contributed by atoms with Crippen molar-refractivity contribution in [1.82, 2.24) is 4.98 Å². The Balaban J connectivity index is 0.000000461. The van der Waals surface area contributed by atoms with Crippen molar-refractivity contribution in [3.05, 3.63) is 40.5 Å². The molecule has 74 valence electrons. The lowest BCUT2D eigenvalue weighted by atomic mass is 10.1. The molecule has 1 aromatic heterocycles. The summed E-state index contributed by atoms with van der Waals surface area (Å²) < 4.78 is 1.11. The van der Waals surface area contributed by atoms with Crippen molar-refractivity contribution in [3.8, 4) is 0 Å². The summed E-state index contributed by atoms with van der Waals surface area (Å²) in [4.78, 5) is 4.25. The van der Waals surface area contributed by atoms with E-state index in [2.05, 4.69) is 40.0 Å². The molecule has 0 radical (unpaired) electrons. The Morgan fingerprint density at radius 3 is 2.57 bits per heavy atom. The van der Waals surface area contributed by atoms with Crippen LogP contribution in [0.3, 0.4) is 0 Å². The van der Waals surface area contributed by atoms with Crippen LogP contribution in [0, 0.1) is 6.92 Å². The molecule has 0 aliphatic carbocycles. The molecule has 0 spiro atoms. The van der Waals surface area contributed by atoms with Gasteiger partial charge < -0.3 is 0 Å². The quantitative estimate of drug-likeness (QED) is 0.679. The van der Waals surface area contributed by atoms with Crippen molar-refractivity contribution in [3.63, 3.8) is 0 Å². The number of rotatable bonds is 0. The summed E-state index contributed by atoms with van der Waals surface area (Å²) in [7, 11) is 0. The zero-order valence-corrected chi connectivity index (χ0v) is 10.3. The molecule has 2 aromatic rings. The SMILES string of the molecule is CC.Cc1ccc2nccc(Br)c2c1. The van der Waals surface area contributed by atoms with Crippen LogP contribution >= 0.6 is 15.9 Å². The fourth-order valence-corrected chi connectivity index (χ4v) is 1.66.